The molecular formula is C29H33NO4S2Si. The second-order valence-electron chi connectivity index (χ2n) is 10.9. The summed E-state index contributed by atoms with van der Waals surface area (Å²) in [6.45, 7) is 7.01. The van der Waals surface area contributed by atoms with Crippen LogP contribution >= 0.6 is 11.3 Å². The molecule has 8 heteroatoms. The van der Waals surface area contributed by atoms with E-state index in [9.17, 15) is 18.5 Å². The zero-order valence-corrected chi connectivity index (χ0v) is 24.3. The van der Waals surface area contributed by atoms with Crippen LogP contribution in [0.15, 0.2) is 60.7 Å². The third-order valence-electron chi connectivity index (χ3n) is 6.93. The van der Waals surface area contributed by atoms with Crippen LogP contribution in [0.25, 0.3) is 21.6 Å². The van der Waals surface area contributed by atoms with E-state index in [1.54, 1.807) is 6.07 Å². The van der Waals surface area contributed by atoms with Gasteiger partial charge in [0.15, 0.2) is 9.84 Å². The van der Waals surface area contributed by atoms with Crippen molar-refractivity contribution in [2.75, 3.05) is 12.4 Å². The molecule has 3 aromatic rings. The quantitative estimate of drug-likeness (QED) is 0.222. The van der Waals surface area contributed by atoms with Crippen LogP contribution in [0.2, 0.25) is 25.7 Å². The van der Waals surface area contributed by atoms with Crippen molar-refractivity contribution in [3.8, 4) is 27.6 Å². The molecule has 0 unspecified atom stereocenters. The summed E-state index contributed by atoms with van der Waals surface area (Å²) in [4.78, 5) is 14.5. The number of rotatable bonds is 8. The Hall–Kier alpha value is -2.73. The third kappa shape index (κ3) is 6.23. The Balaban J connectivity index is 1.59. The van der Waals surface area contributed by atoms with E-state index in [4.69, 9.17) is 4.74 Å². The highest BCUT2D eigenvalue weighted by Crippen LogP contribution is 2.47. The van der Waals surface area contributed by atoms with Crippen LogP contribution in [0.1, 0.15) is 36.1 Å². The van der Waals surface area contributed by atoms with E-state index < -0.39 is 28.6 Å². The van der Waals surface area contributed by atoms with E-state index in [1.807, 2.05) is 54.6 Å². The molecule has 1 atom stereocenters. The SMILES string of the molecule is C[Si](C)(C)CCOC(=O)C[C@]1(c2ccc(-c3ccc(-c4cccc(C#N)c4)cc3)s2)CCCCS1(=O)=O. The van der Waals surface area contributed by atoms with Gasteiger partial charge in [0.2, 0.25) is 0 Å². The zero-order chi connectivity index (χ0) is 26.7. The van der Waals surface area contributed by atoms with Gasteiger partial charge >= 0.3 is 5.97 Å². The Morgan fingerprint density at radius 1 is 1.03 bits per heavy atom. The predicted molar refractivity (Wildman–Crippen MR) is 153 cm³/mol. The summed E-state index contributed by atoms with van der Waals surface area (Å²) in [6, 6.07) is 22.4. The first-order chi connectivity index (χ1) is 17.5. The van der Waals surface area contributed by atoms with Gasteiger partial charge in [-0.25, -0.2) is 8.42 Å². The number of nitrogens with zero attached hydrogens (tertiary/aromatic N) is 1. The van der Waals surface area contributed by atoms with Crippen LogP contribution < -0.4 is 0 Å². The van der Waals surface area contributed by atoms with Crippen molar-refractivity contribution < 1.29 is 17.9 Å². The largest absolute Gasteiger partial charge is 0.466 e. The van der Waals surface area contributed by atoms with Gasteiger partial charge in [0.05, 0.1) is 30.4 Å². The van der Waals surface area contributed by atoms with E-state index >= 15 is 0 Å². The van der Waals surface area contributed by atoms with Crippen LogP contribution in [-0.2, 0) is 24.1 Å². The van der Waals surface area contributed by atoms with Crippen LogP contribution in [0.3, 0.4) is 0 Å². The number of hydrogen-bond acceptors (Lipinski definition) is 6. The van der Waals surface area contributed by atoms with Crippen LogP contribution in [0.5, 0.6) is 0 Å². The molecule has 2 heterocycles. The lowest BCUT2D eigenvalue weighted by Gasteiger charge is -2.35. The number of sulfone groups is 1. The lowest BCUT2D eigenvalue weighted by Crippen LogP contribution is -2.42. The number of carbonyl (C=O) groups excluding carboxylic acids is 1. The van der Waals surface area contributed by atoms with Crippen LogP contribution in [-0.4, -0.2) is 34.8 Å². The van der Waals surface area contributed by atoms with Gasteiger partial charge in [-0.05, 0) is 59.8 Å². The average Bonchev–Trinajstić information content (AvgIpc) is 3.35. The standard InChI is InChI=1S/C29H33NO4S2Si/c1-37(2,3)18-16-34-28(31)20-29(15-4-5-17-36(29,32)33)27-14-13-26(35-27)24-11-9-23(10-12-24)25-8-6-7-22(19-25)21-30/h6-14,19H,4-5,15-18,20H2,1-3H3/t29-/m0/s1. The van der Waals surface area contributed by atoms with Crippen molar-refractivity contribution in [2.24, 2.45) is 0 Å². The van der Waals surface area contributed by atoms with Gasteiger partial charge in [0.1, 0.15) is 4.75 Å². The number of benzene rings is 2. The van der Waals surface area contributed by atoms with Crippen LogP contribution in [0.4, 0.5) is 0 Å². The highest BCUT2D eigenvalue weighted by Gasteiger charge is 2.49. The van der Waals surface area contributed by atoms with Crippen molar-refractivity contribution >= 4 is 35.2 Å². The maximum atomic E-state index is 13.5. The normalized spacial score (nSPS) is 19.2. The van der Waals surface area contributed by atoms with Gasteiger partial charge in [-0.2, -0.15) is 5.26 Å². The van der Waals surface area contributed by atoms with Gasteiger partial charge < -0.3 is 4.74 Å². The molecule has 0 N–H and O–H groups in total. The van der Waals surface area contributed by atoms with Crippen molar-refractivity contribution in [2.45, 2.75) is 56.1 Å². The second-order valence-corrected chi connectivity index (χ2v) is 20.0. The molecule has 0 spiro atoms. The summed E-state index contributed by atoms with van der Waals surface area (Å²) < 4.78 is 31.2. The number of carbonyl (C=O) groups is 1. The lowest BCUT2D eigenvalue weighted by atomic mass is 9.95. The summed E-state index contributed by atoms with van der Waals surface area (Å²) in [5, 5.41) is 9.18. The first-order valence-corrected chi connectivity index (χ1v) is 18.8. The summed E-state index contributed by atoms with van der Waals surface area (Å²) in [5.74, 6) is -0.332. The predicted octanol–water partition coefficient (Wildman–Crippen LogP) is 7.02. The molecule has 1 fully saturated rings. The maximum Gasteiger partial charge on any atom is 0.307 e. The number of ether oxygens (including phenoxy) is 1. The molecule has 1 aliphatic rings. The first-order valence-electron chi connectivity index (χ1n) is 12.6. The fourth-order valence-corrected chi connectivity index (χ4v) is 9.19. The Bertz CT molecular complexity index is 1420. The van der Waals surface area contributed by atoms with E-state index in [-0.39, 0.29) is 12.2 Å². The van der Waals surface area contributed by atoms with Gasteiger partial charge in [-0.1, -0.05) is 62.5 Å². The Kier molecular flexibility index (Phi) is 8.07. The molecule has 2 aromatic carbocycles. The first kappa shape index (κ1) is 27.3. The van der Waals surface area contributed by atoms with E-state index in [2.05, 4.69) is 25.7 Å². The number of hydrogen-bond donors (Lipinski definition) is 0. The Labute approximate surface area is 225 Å². The monoisotopic (exact) mass is 551 g/mol. The van der Waals surface area contributed by atoms with Crippen molar-refractivity contribution in [1.29, 1.82) is 5.26 Å². The molecule has 1 saturated heterocycles. The maximum absolute atomic E-state index is 13.5. The Morgan fingerprint density at radius 2 is 1.76 bits per heavy atom. The van der Waals surface area contributed by atoms with Crippen LogP contribution in [0, 0.1) is 11.3 Å². The van der Waals surface area contributed by atoms with Crippen molar-refractivity contribution in [3.63, 3.8) is 0 Å². The summed E-state index contributed by atoms with van der Waals surface area (Å²) in [6.07, 6.45) is 1.70. The molecule has 0 aliphatic carbocycles. The molecule has 0 amide bonds. The molecule has 37 heavy (non-hydrogen) atoms. The van der Waals surface area contributed by atoms with E-state index in [0.717, 1.165) is 38.9 Å². The minimum absolute atomic E-state index is 0.0961. The molecular weight excluding hydrogens is 519 g/mol. The summed E-state index contributed by atoms with van der Waals surface area (Å²) in [7, 11) is -4.87. The van der Waals surface area contributed by atoms with E-state index in [1.165, 1.54) is 11.3 Å². The molecule has 0 radical (unpaired) electrons. The van der Waals surface area contributed by atoms with Gasteiger partial charge in [-0.15, -0.1) is 11.3 Å². The average molecular weight is 552 g/mol. The van der Waals surface area contributed by atoms with Gasteiger partial charge in [0, 0.05) is 17.8 Å². The summed E-state index contributed by atoms with van der Waals surface area (Å²) >= 11 is 1.45. The Morgan fingerprint density at radius 3 is 2.43 bits per heavy atom. The van der Waals surface area contributed by atoms with E-state index in [0.29, 0.717) is 25.0 Å². The molecule has 4 rings (SSSR count). The highest BCUT2D eigenvalue weighted by molar-refractivity contribution is 7.92. The second kappa shape index (κ2) is 10.9. The highest BCUT2D eigenvalue weighted by atomic mass is 32.2. The molecule has 0 bridgehead atoms. The molecule has 5 nitrogen and oxygen atoms in total. The minimum Gasteiger partial charge on any atom is -0.466 e. The fraction of sp³-hybridized carbons (Fsp3) is 0.379. The zero-order valence-electron chi connectivity index (χ0n) is 21.6. The topological polar surface area (TPSA) is 84.2 Å². The smallest absolute Gasteiger partial charge is 0.307 e. The minimum atomic E-state index is -3.51. The molecule has 194 valence electrons. The van der Waals surface area contributed by atoms with Gasteiger partial charge in [-0.3, -0.25) is 4.79 Å². The fourth-order valence-electron chi connectivity index (χ4n) is 4.70. The molecule has 1 aromatic heterocycles. The molecule has 0 saturated carbocycles. The number of thiophene rings is 1. The van der Waals surface area contributed by atoms with Gasteiger partial charge in [0.25, 0.3) is 0 Å². The summed E-state index contributed by atoms with van der Waals surface area (Å²) in [5.41, 5.74) is 3.57. The van der Waals surface area contributed by atoms with Crippen molar-refractivity contribution in [1.82, 2.24) is 0 Å². The molecule has 1 aliphatic heterocycles. The number of nitriles is 1. The number of esters is 1. The third-order valence-corrected chi connectivity index (χ3v) is 12.7. The lowest BCUT2D eigenvalue weighted by molar-refractivity contribution is -0.144. The van der Waals surface area contributed by atoms with Crippen molar-refractivity contribution in [3.05, 3.63) is 71.1 Å².